The summed E-state index contributed by atoms with van der Waals surface area (Å²) in [4.78, 5) is 0. The van der Waals surface area contributed by atoms with E-state index >= 15 is 0 Å². The number of hydrogen-bond acceptors (Lipinski definition) is 0. The fourth-order valence-corrected chi connectivity index (χ4v) is 8.90. The third-order valence-corrected chi connectivity index (χ3v) is 10.5. The van der Waals surface area contributed by atoms with Crippen molar-refractivity contribution >= 4 is 8.80 Å². The van der Waals surface area contributed by atoms with Crippen LogP contribution in [0.1, 0.15) is 76.2 Å². The number of rotatable bonds is 6. The molecular formula is C22H33F3Si. The van der Waals surface area contributed by atoms with Gasteiger partial charge in [0.1, 0.15) is 0 Å². The standard InChI is InChI=1S/C22H33F3Si/c1-2-3-4-11-26-12-9-18(10-13-26)16-5-7-17(8-6-16)19-14-20(23)22(25)21(24)15-19/h14-18,26H,2-13H2,1H3/t16-,17-,18?,26?. The van der Waals surface area contributed by atoms with E-state index in [4.69, 9.17) is 0 Å². The Kier molecular flexibility index (Phi) is 7.25. The molecule has 0 unspecified atom stereocenters. The monoisotopic (exact) mass is 382 g/mol. The van der Waals surface area contributed by atoms with Crippen LogP contribution in [0.25, 0.3) is 0 Å². The van der Waals surface area contributed by atoms with Crippen LogP contribution < -0.4 is 0 Å². The van der Waals surface area contributed by atoms with Crippen molar-refractivity contribution in [2.24, 2.45) is 11.8 Å². The number of unbranched alkanes of at least 4 members (excludes halogenated alkanes) is 2. The summed E-state index contributed by atoms with van der Waals surface area (Å²) in [5.41, 5.74) is 0.645. The average molecular weight is 383 g/mol. The number of benzene rings is 1. The Morgan fingerprint density at radius 1 is 0.846 bits per heavy atom. The van der Waals surface area contributed by atoms with Gasteiger partial charge in [0.05, 0.1) is 0 Å². The lowest BCUT2D eigenvalue weighted by molar-refractivity contribution is 0.216. The van der Waals surface area contributed by atoms with E-state index < -0.39 is 26.2 Å². The van der Waals surface area contributed by atoms with Gasteiger partial charge in [0.15, 0.2) is 17.5 Å². The first-order valence-corrected chi connectivity index (χ1v) is 13.2. The normalized spacial score (nSPS) is 29.7. The molecule has 0 N–H and O–H groups in total. The van der Waals surface area contributed by atoms with E-state index in [1.807, 2.05) is 0 Å². The van der Waals surface area contributed by atoms with E-state index in [0.29, 0.717) is 5.56 Å². The van der Waals surface area contributed by atoms with Crippen LogP contribution in [-0.2, 0) is 0 Å². The largest absolute Gasteiger partial charge is 0.204 e. The summed E-state index contributed by atoms with van der Waals surface area (Å²) in [5.74, 6) is -1.57. The second kappa shape index (κ2) is 9.43. The Bertz CT molecular complexity index is 550. The van der Waals surface area contributed by atoms with E-state index in [1.54, 1.807) is 6.04 Å². The van der Waals surface area contributed by atoms with Crippen LogP contribution in [0.4, 0.5) is 13.2 Å². The van der Waals surface area contributed by atoms with Crippen molar-refractivity contribution in [3.8, 4) is 0 Å². The van der Waals surface area contributed by atoms with Crippen molar-refractivity contribution in [2.45, 2.75) is 88.8 Å². The molecule has 146 valence electrons. The average Bonchev–Trinajstić information content (AvgIpc) is 2.67. The van der Waals surface area contributed by atoms with E-state index in [1.165, 1.54) is 56.3 Å². The Morgan fingerprint density at radius 2 is 1.42 bits per heavy atom. The van der Waals surface area contributed by atoms with Crippen molar-refractivity contribution in [3.05, 3.63) is 35.1 Å². The summed E-state index contributed by atoms with van der Waals surface area (Å²) in [6.45, 7) is 2.28. The molecule has 1 saturated heterocycles. The minimum Gasteiger partial charge on any atom is -0.204 e. The van der Waals surface area contributed by atoms with Gasteiger partial charge in [-0.25, -0.2) is 13.2 Å². The van der Waals surface area contributed by atoms with Crippen molar-refractivity contribution in [1.29, 1.82) is 0 Å². The zero-order valence-electron chi connectivity index (χ0n) is 16.1. The van der Waals surface area contributed by atoms with Crippen LogP contribution in [0.5, 0.6) is 0 Å². The van der Waals surface area contributed by atoms with Gasteiger partial charge < -0.3 is 0 Å². The first-order chi connectivity index (χ1) is 12.6. The molecule has 1 aliphatic heterocycles. The molecule has 1 saturated carbocycles. The summed E-state index contributed by atoms with van der Waals surface area (Å²) < 4.78 is 40.2. The Hall–Kier alpha value is -0.773. The SMILES string of the molecule is CCCCC[SiH]1CCC([C@H]2CC[C@H](c3cc(F)c(F)c(F)c3)CC2)CC1. The van der Waals surface area contributed by atoms with Crippen LogP contribution in [-0.4, -0.2) is 8.80 Å². The van der Waals surface area contributed by atoms with E-state index in [-0.39, 0.29) is 5.92 Å². The lowest BCUT2D eigenvalue weighted by atomic mass is 9.72. The summed E-state index contributed by atoms with van der Waals surface area (Å²) in [5, 5.41) is 0. The predicted molar refractivity (Wildman–Crippen MR) is 105 cm³/mol. The van der Waals surface area contributed by atoms with Crippen LogP contribution in [0.15, 0.2) is 12.1 Å². The highest BCUT2D eigenvalue weighted by atomic mass is 28.3. The van der Waals surface area contributed by atoms with Crippen molar-refractivity contribution in [1.82, 2.24) is 0 Å². The second-order valence-electron chi connectivity index (χ2n) is 8.69. The maximum absolute atomic E-state index is 13.5. The van der Waals surface area contributed by atoms with Gasteiger partial charge in [0.25, 0.3) is 0 Å². The van der Waals surface area contributed by atoms with Crippen molar-refractivity contribution in [3.63, 3.8) is 0 Å². The summed E-state index contributed by atoms with van der Waals surface area (Å²) in [7, 11) is -0.447. The molecule has 1 heterocycles. The predicted octanol–water partition coefficient (Wildman–Crippen LogP) is 7.21. The van der Waals surface area contributed by atoms with Gasteiger partial charge in [-0.15, -0.1) is 0 Å². The van der Waals surface area contributed by atoms with Gasteiger partial charge in [-0.2, -0.15) is 0 Å². The molecule has 1 aromatic rings. The summed E-state index contributed by atoms with van der Waals surface area (Å²) in [6.07, 6.45) is 11.3. The molecule has 0 aromatic heterocycles. The van der Waals surface area contributed by atoms with Gasteiger partial charge in [-0.1, -0.05) is 57.2 Å². The lowest BCUT2D eigenvalue weighted by Gasteiger charge is -2.37. The molecule has 0 radical (unpaired) electrons. The molecule has 3 rings (SSSR count). The first-order valence-electron chi connectivity index (χ1n) is 10.7. The van der Waals surface area contributed by atoms with Gasteiger partial charge >= 0.3 is 0 Å². The van der Waals surface area contributed by atoms with Gasteiger partial charge in [-0.3, -0.25) is 0 Å². The maximum Gasteiger partial charge on any atom is 0.194 e. The molecule has 2 fully saturated rings. The molecule has 4 heteroatoms. The van der Waals surface area contributed by atoms with E-state index in [9.17, 15) is 13.2 Å². The Labute approximate surface area is 158 Å². The van der Waals surface area contributed by atoms with Gasteiger partial charge in [0, 0.05) is 8.80 Å². The minimum absolute atomic E-state index is 0.190. The van der Waals surface area contributed by atoms with Gasteiger partial charge in [0.2, 0.25) is 0 Å². The molecule has 0 nitrogen and oxygen atoms in total. The minimum atomic E-state index is -1.35. The molecular weight excluding hydrogens is 349 g/mol. The smallest absolute Gasteiger partial charge is 0.194 e. The fraction of sp³-hybridized carbons (Fsp3) is 0.727. The van der Waals surface area contributed by atoms with Crippen molar-refractivity contribution < 1.29 is 13.2 Å². The maximum atomic E-state index is 13.5. The third-order valence-electron chi connectivity index (χ3n) is 7.02. The lowest BCUT2D eigenvalue weighted by Crippen LogP contribution is -2.28. The van der Waals surface area contributed by atoms with Crippen LogP contribution in [0.3, 0.4) is 0 Å². The highest BCUT2D eigenvalue weighted by Gasteiger charge is 2.32. The molecule has 0 spiro atoms. The molecule has 2 aliphatic rings. The second-order valence-corrected chi connectivity index (χ2v) is 12.2. The molecule has 0 amide bonds. The van der Waals surface area contributed by atoms with Gasteiger partial charge in [-0.05, 0) is 61.1 Å². The quantitative estimate of drug-likeness (QED) is 0.277. The number of hydrogen-bond donors (Lipinski definition) is 0. The highest BCUT2D eigenvalue weighted by Crippen LogP contribution is 2.44. The van der Waals surface area contributed by atoms with Crippen molar-refractivity contribution in [2.75, 3.05) is 0 Å². The molecule has 1 aliphatic carbocycles. The third kappa shape index (κ3) is 4.93. The molecule has 1 aromatic carbocycles. The zero-order valence-corrected chi connectivity index (χ0v) is 17.2. The summed E-state index contributed by atoms with van der Waals surface area (Å²) >= 11 is 0. The van der Waals surface area contributed by atoms with E-state index in [0.717, 1.165) is 37.5 Å². The summed E-state index contributed by atoms with van der Waals surface area (Å²) in [6, 6.07) is 7.02. The number of halogens is 3. The zero-order chi connectivity index (χ0) is 18.5. The Balaban J connectivity index is 1.46. The Morgan fingerprint density at radius 3 is 2.00 bits per heavy atom. The van der Waals surface area contributed by atoms with Crippen LogP contribution >= 0.6 is 0 Å². The fourth-order valence-electron chi connectivity index (χ4n) is 5.37. The topological polar surface area (TPSA) is 0 Å². The van der Waals surface area contributed by atoms with Crippen LogP contribution in [0, 0.1) is 29.3 Å². The van der Waals surface area contributed by atoms with E-state index in [2.05, 4.69) is 6.92 Å². The van der Waals surface area contributed by atoms with Crippen LogP contribution in [0.2, 0.25) is 18.1 Å². The molecule has 26 heavy (non-hydrogen) atoms. The molecule has 0 bridgehead atoms. The first kappa shape index (κ1) is 20.0. The highest BCUT2D eigenvalue weighted by molar-refractivity contribution is 6.58. The molecule has 0 atom stereocenters.